The molecule has 644 valence electrons. The van der Waals surface area contributed by atoms with Crippen LogP contribution in [0.2, 0.25) is 0 Å². The molecule has 18 heteroatoms. The molecule has 0 rings (SSSR count). The van der Waals surface area contributed by atoms with Crippen molar-refractivity contribution in [1.29, 1.82) is 0 Å². The Morgan fingerprint density at radius 1 is 0.257 bits per heavy atom. The molecule has 0 amide bonds. The van der Waals surface area contributed by atoms with E-state index in [-0.39, 0.29) is 19.3 Å². The number of allylic oxidation sites excluding steroid dienone is 30. The first-order chi connectivity index (χ1) is 55.2. The summed E-state index contributed by atoms with van der Waals surface area (Å²) in [7, 11) is -9.83. The second kappa shape index (κ2) is 86.0. The average Bonchev–Trinajstić information content (AvgIpc) is 0.899. The third kappa shape index (κ3) is 87.3. The number of aliphatic hydroxyl groups excluding tert-OH is 2. The highest BCUT2D eigenvalue weighted by molar-refractivity contribution is 7.47. The number of unbranched alkanes of at least 4 members (excludes halogenated alkanes) is 29. The molecule has 0 radical (unpaired) electrons. The second-order valence-electron chi connectivity index (χ2n) is 28.9. The van der Waals surface area contributed by atoms with Crippen molar-refractivity contribution in [3.63, 3.8) is 0 Å². The van der Waals surface area contributed by atoms with Gasteiger partial charge in [0.1, 0.15) is 25.4 Å². The van der Waals surface area contributed by atoms with E-state index >= 15 is 0 Å². The Bertz CT molecular complexity index is 2780. The molecule has 4 N–H and O–H groups in total. The molecule has 0 aliphatic rings. The van der Waals surface area contributed by atoms with Crippen molar-refractivity contribution in [2.75, 3.05) is 39.6 Å². The fourth-order valence-electron chi connectivity index (χ4n) is 11.5. The van der Waals surface area contributed by atoms with Crippen LogP contribution in [-0.2, 0) is 55.8 Å². The summed E-state index contributed by atoms with van der Waals surface area (Å²) in [5, 5.41) is 20.7. The number of rotatable bonds is 82. The van der Waals surface area contributed by atoms with Crippen LogP contribution in [0.25, 0.3) is 0 Å². The minimum Gasteiger partial charge on any atom is -0.463 e. The zero-order chi connectivity index (χ0) is 82.2. The average molecular weight is 1620 g/mol. The fraction of sp³-hybridized carbons (Fsp3) is 0.653. The molecule has 5 atom stereocenters. The highest BCUT2D eigenvalue weighted by atomic mass is 31.2. The van der Waals surface area contributed by atoms with E-state index in [1.807, 2.05) is 0 Å². The zero-order valence-corrected chi connectivity index (χ0v) is 72.5. The van der Waals surface area contributed by atoms with Crippen molar-refractivity contribution >= 4 is 33.6 Å². The number of esters is 3. The van der Waals surface area contributed by atoms with Crippen LogP contribution in [0.1, 0.15) is 342 Å². The molecule has 5 unspecified atom stereocenters. The van der Waals surface area contributed by atoms with Crippen molar-refractivity contribution in [3.05, 3.63) is 182 Å². The Morgan fingerprint density at radius 3 is 0.743 bits per heavy atom. The summed E-state index contributed by atoms with van der Waals surface area (Å²) in [6.07, 6.45) is 112. The van der Waals surface area contributed by atoms with Gasteiger partial charge in [0, 0.05) is 19.3 Å². The van der Waals surface area contributed by atoms with Gasteiger partial charge in [0.2, 0.25) is 0 Å². The molecule has 113 heavy (non-hydrogen) atoms. The molecule has 0 aliphatic heterocycles. The SMILES string of the molecule is CC/C=C\C/C=C\C/C=C\C/C=C\C/C=C\C/C=C\CCCCCCCCC(=O)OCC(COP(=O)(O)OCC(O)COP(=O)(O)OCC(O)COC(=O)CCCCCCCCCCCCCCCCC/C=C\C/C=C\C/C=C\C/C=C\CCCCC)OC(=O)CCCCCCC/C=C\C/C=C\C/C=C\C/C=C\C/C=C\CC. The summed E-state index contributed by atoms with van der Waals surface area (Å²) in [6, 6.07) is 0. The van der Waals surface area contributed by atoms with Gasteiger partial charge in [0.15, 0.2) is 6.10 Å². The van der Waals surface area contributed by atoms with E-state index < -0.39 is 91.5 Å². The largest absolute Gasteiger partial charge is 0.472 e. The van der Waals surface area contributed by atoms with Crippen molar-refractivity contribution < 1.29 is 75.8 Å². The van der Waals surface area contributed by atoms with Crippen molar-refractivity contribution in [2.45, 2.75) is 360 Å². The molecular weight excluding hydrogens is 1460 g/mol. The number of hydrogen-bond donors (Lipinski definition) is 4. The summed E-state index contributed by atoms with van der Waals surface area (Å²) in [5.74, 6) is -1.62. The van der Waals surface area contributed by atoms with Crippen LogP contribution in [0.5, 0.6) is 0 Å². The smallest absolute Gasteiger partial charge is 0.463 e. The Hall–Kier alpha value is -5.35. The minimum atomic E-state index is -4.95. The second-order valence-corrected chi connectivity index (χ2v) is 31.8. The van der Waals surface area contributed by atoms with Gasteiger partial charge in [0.25, 0.3) is 0 Å². The lowest BCUT2D eigenvalue weighted by Crippen LogP contribution is -2.30. The van der Waals surface area contributed by atoms with E-state index in [1.165, 1.54) is 103 Å². The molecule has 0 aromatic heterocycles. The number of ether oxygens (including phenoxy) is 3. The summed E-state index contributed by atoms with van der Waals surface area (Å²) in [4.78, 5) is 58.9. The Morgan fingerprint density at radius 2 is 0.469 bits per heavy atom. The maximum atomic E-state index is 13.0. The van der Waals surface area contributed by atoms with Crippen LogP contribution in [0.15, 0.2) is 182 Å². The van der Waals surface area contributed by atoms with Gasteiger partial charge in [-0.2, -0.15) is 0 Å². The van der Waals surface area contributed by atoms with Crippen LogP contribution in [0.3, 0.4) is 0 Å². The molecule has 0 aromatic rings. The normalized spacial score (nSPS) is 14.7. The minimum absolute atomic E-state index is 0.0718. The standard InChI is InChI=1S/C95H158O16P2/c1-4-7-10-13-16-19-22-25-28-31-34-37-39-41-42-43-44-45-46-48-50-52-54-57-60-63-66-69-72-75-78-81-93(98)105-84-90(96)85-107-112(101,102)108-86-91(97)87-109-113(103,104)110-89-92(111-95(100)83-80-77-74-71-68-65-62-59-56-51-36-33-30-27-24-21-18-15-12-9-6-3)88-106-94(99)82-79-76-73-70-67-64-61-58-55-53-49-47-40-38-35-32-29-26-23-20-17-14-11-8-5-2/h8-9,11-12,16-21,25-30,34-38,41-42,47,49,51,55,58-59,62,90-92,96-97H,4-7,10,13-15,22-24,31-33,39-40,43-46,48,50,52-54,56-57,60-61,63-89H2,1-3H3,(H,101,102)(H,103,104)/b11-8-,12-9-,19-16-,20-17-,21-18-,28-25-,29-26-,30-27-,37-34-,38-35-,42-41-,49-47-,51-36-,58-55-,62-59-. The van der Waals surface area contributed by atoms with Gasteiger partial charge in [-0.25, -0.2) is 9.13 Å². The number of carbonyl (C=O) groups is 3. The van der Waals surface area contributed by atoms with Crippen molar-refractivity contribution in [2.24, 2.45) is 0 Å². The zero-order valence-electron chi connectivity index (χ0n) is 70.7. The molecule has 0 aromatic carbocycles. The van der Waals surface area contributed by atoms with Gasteiger partial charge in [-0.3, -0.25) is 32.5 Å². The number of carbonyl (C=O) groups excluding carboxylic acids is 3. The van der Waals surface area contributed by atoms with Gasteiger partial charge in [-0.1, -0.05) is 344 Å². The molecule has 0 saturated carbocycles. The quantitative estimate of drug-likeness (QED) is 0.0146. The predicted molar refractivity (Wildman–Crippen MR) is 472 cm³/mol. The topological polar surface area (TPSA) is 231 Å². The summed E-state index contributed by atoms with van der Waals surface area (Å²) in [6.45, 7) is 2.40. The molecule has 0 bridgehead atoms. The van der Waals surface area contributed by atoms with E-state index in [0.717, 1.165) is 180 Å². The van der Waals surface area contributed by atoms with E-state index in [9.17, 15) is 43.5 Å². The van der Waals surface area contributed by atoms with Crippen LogP contribution in [0, 0.1) is 0 Å². The van der Waals surface area contributed by atoms with E-state index in [0.29, 0.717) is 19.3 Å². The number of aliphatic hydroxyl groups is 2. The fourth-order valence-corrected chi connectivity index (χ4v) is 13.1. The molecule has 0 heterocycles. The number of phosphoric acid groups is 2. The Kier molecular flexibility index (Phi) is 81.9. The van der Waals surface area contributed by atoms with E-state index in [1.54, 1.807) is 0 Å². The summed E-state index contributed by atoms with van der Waals surface area (Å²) >= 11 is 0. The third-order valence-corrected chi connectivity index (χ3v) is 20.0. The van der Waals surface area contributed by atoms with Crippen LogP contribution in [0.4, 0.5) is 0 Å². The van der Waals surface area contributed by atoms with Crippen LogP contribution < -0.4 is 0 Å². The van der Waals surface area contributed by atoms with Crippen LogP contribution in [-0.4, -0.2) is 95.9 Å². The first-order valence-electron chi connectivity index (χ1n) is 44.1. The van der Waals surface area contributed by atoms with Crippen molar-refractivity contribution in [3.8, 4) is 0 Å². The maximum absolute atomic E-state index is 13.0. The lowest BCUT2D eigenvalue weighted by atomic mass is 10.0. The van der Waals surface area contributed by atoms with Gasteiger partial charge >= 0.3 is 33.6 Å². The molecule has 0 spiro atoms. The van der Waals surface area contributed by atoms with Crippen molar-refractivity contribution in [1.82, 2.24) is 0 Å². The van der Waals surface area contributed by atoms with Gasteiger partial charge in [0.05, 0.1) is 26.4 Å². The number of hydrogen-bond acceptors (Lipinski definition) is 14. The first-order valence-corrected chi connectivity index (χ1v) is 47.1. The molecule has 0 aliphatic carbocycles. The summed E-state index contributed by atoms with van der Waals surface area (Å²) in [5.41, 5.74) is 0. The highest BCUT2D eigenvalue weighted by Crippen LogP contribution is 2.45. The lowest BCUT2D eigenvalue weighted by Gasteiger charge is -2.21. The first kappa shape index (κ1) is 108. The molecule has 0 fully saturated rings. The van der Waals surface area contributed by atoms with Gasteiger partial charge in [-0.15, -0.1) is 0 Å². The highest BCUT2D eigenvalue weighted by Gasteiger charge is 2.29. The number of phosphoric ester groups is 2. The molecule has 0 saturated heterocycles. The maximum Gasteiger partial charge on any atom is 0.472 e. The summed E-state index contributed by atoms with van der Waals surface area (Å²) < 4.78 is 61.4. The Balaban J connectivity index is 4.63. The molecular formula is C95H158O16P2. The van der Waals surface area contributed by atoms with Crippen LogP contribution >= 0.6 is 15.6 Å². The lowest BCUT2D eigenvalue weighted by molar-refractivity contribution is -0.161. The van der Waals surface area contributed by atoms with E-state index in [4.69, 9.17) is 32.3 Å². The van der Waals surface area contributed by atoms with E-state index in [2.05, 4.69) is 203 Å². The van der Waals surface area contributed by atoms with Gasteiger partial charge in [-0.05, 0) is 161 Å². The predicted octanol–water partition coefficient (Wildman–Crippen LogP) is 26.9. The molecule has 16 nitrogen and oxygen atoms in total. The monoisotopic (exact) mass is 1620 g/mol. The third-order valence-electron chi connectivity index (χ3n) is 18.1. The van der Waals surface area contributed by atoms with Gasteiger partial charge < -0.3 is 34.2 Å². The Labute approximate surface area is 687 Å².